The molecular weight excluding hydrogens is 483 g/mol. The van der Waals surface area contributed by atoms with Crippen molar-refractivity contribution in [3.05, 3.63) is 74.1 Å². The number of nitrogens with zero attached hydrogens (tertiary/aromatic N) is 2. The van der Waals surface area contributed by atoms with Gasteiger partial charge in [0.15, 0.2) is 0 Å². The minimum atomic E-state index is -0.386. The van der Waals surface area contributed by atoms with E-state index in [9.17, 15) is 14.4 Å². The second kappa shape index (κ2) is 9.89. The van der Waals surface area contributed by atoms with Gasteiger partial charge in [-0.1, -0.05) is 41.4 Å². The standard InChI is InChI=1S/C24H22Cl2N2O4S/c1-14-11-27(12-15(2)32-14)22(29)18-5-3-4-16(8-18)10-21-23(30)28(24(31)33-21)13-17-6-7-19(25)20(26)9-17/h3-10,14-15H,11-13H2,1-2H3/b21-10-. The molecule has 0 aromatic heterocycles. The topological polar surface area (TPSA) is 66.9 Å². The highest BCUT2D eigenvalue weighted by atomic mass is 35.5. The molecule has 4 rings (SSSR count). The van der Waals surface area contributed by atoms with Crippen molar-refractivity contribution in [2.45, 2.75) is 32.6 Å². The maximum absolute atomic E-state index is 13.0. The first-order chi connectivity index (χ1) is 15.7. The van der Waals surface area contributed by atoms with E-state index in [-0.39, 0.29) is 35.8 Å². The van der Waals surface area contributed by atoms with E-state index in [1.165, 1.54) is 4.90 Å². The molecule has 2 aromatic rings. The molecule has 0 radical (unpaired) electrons. The normalized spacial score (nSPS) is 22.4. The number of morpholine rings is 1. The number of thioether (sulfide) groups is 1. The summed E-state index contributed by atoms with van der Waals surface area (Å²) in [7, 11) is 0. The van der Waals surface area contributed by atoms with Crippen LogP contribution in [0.1, 0.15) is 35.3 Å². The molecule has 0 aliphatic carbocycles. The first kappa shape index (κ1) is 23.8. The number of benzene rings is 2. The molecular formula is C24H22Cl2N2O4S. The van der Waals surface area contributed by atoms with Crippen LogP contribution in [0.3, 0.4) is 0 Å². The number of imide groups is 1. The molecule has 2 aliphatic rings. The fraction of sp³-hybridized carbons (Fsp3) is 0.292. The second-order valence-electron chi connectivity index (χ2n) is 8.11. The van der Waals surface area contributed by atoms with Gasteiger partial charge < -0.3 is 9.64 Å². The molecule has 2 aromatic carbocycles. The van der Waals surface area contributed by atoms with Crippen LogP contribution in [0.2, 0.25) is 10.0 Å². The number of hydrogen-bond donors (Lipinski definition) is 0. The lowest BCUT2D eigenvalue weighted by Gasteiger charge is -2.35. The van der Waals surface area contributed by atoms with Crippen LogP contribution >= 0.6 is 35.0 Å². The summed E-state index contributed by atoms with van der Waals surface area (Å²) in [5.41, 5.74) is 1.91. The fourth-order valence-electron chi connectivity index (χ4n) is 3.90. The van der Waals surface area contributed by atoms with Crippen LogP contribution in [0, 0.1) is 0 Å². The van der Waals surface area contributed by atoms with Gasteiger partial charge in [-0.15, -0.1) is 0 Å². The van der Waals surface area contributed by atoms with E-state index in [0.29, 0.717) is 44.7 Å². The number of carbonyl (C=O) groups excluding carboxylic acids is 3. The van der Waals surface area contributed by atoms with Crippen LogP contribution in [0.4, 0.5) is 4.79 Å². The molecule has 2 saturated heterocycles. The Morgan fingerprint density at radius 1 is 1.09 bits per heavy atom. The second-order valence-corrected chi connectivity index (χ2v) is 9.92. The van der Waals surface area contributed by atoms with Crippen LogP contribution in [0.15, 0.2) is 47.4 Å². The largest absolute Gasteiger partial charge is 0.372 e. The summed E-state index contributed by atoms with van der Waals surface area (Å²) in [4.78, 5) is 41.6. The Hall–Kier alpha value is -2.32. The van der Waals surface area contributed by atoms with Crippen LogP contribution < -0.4 is 0 Å². The Kier molecular flexibility index (Phi) is 7.14. The molecule has 3 amide bonds. The van der Waals surface area contributed by atoms with Crippen LogP contribution in [-0.2, 0) is 16.1 Å². The minimum Gasteiger partial charge on any atom is -0.372 e. The van der Waals surface area contributed by atoms with Crippen molar-refractivity contribution in [2.24, 2.45) is 0 Å². The summed E-state index contributed by atoms with van der Waals surface area (Å²) in [6, 6.07) is 12.1. The van der Waals surface area contributed by atoms with Crippen LogP contribution in [0.25, 0.3) is 6.08 Å². The maximum Gasteiger partial charge on any atom is 0.293 e. The summed E-state index contributed by atoms with van der Waals surface area (Å²) in [5.74, 6) is -0.469. The van der Waals surface area contributed by atoms with Gasteiger partial charge in [-0.3, -0.25) is 19.3 Å². The number of hydrogen-bond acceptors (Lipinski definition) is 5. The number of rotatable bonds is 4. The van der Waals surface area contributed by atoms with Gasteiger partial charge in [0.2, 0.25) is 0 Å². The lowest BCUT2D eigenvalue weighted by Crippen LogP contribution is -2.48. The van der Waals surface area contributed by atoms with Gasteiger partial charge in [-0.25, -0.2) is 0 Å². The van der Waals surface area contributed by atoms with Crippen molar-refractivity contribution in [1.29, 1.82) is 0 Å². The molecule has 9 heteroatoms. The summed E-state index contributed by atoms with van der Waals surface area (Å²) in [6.07, 6.45) is 1.59. The minimum absolute atomic E-state index is 0.0250. The van der Waals surface area contributed by atoms with Crippen molar-refractivity contribution < 1.29 is 19.1 Å². The lowest BCUT2D eigenvalue weighted by atomic mass is 10.1. The average molecular weight is 505 g/mol. The number of ether oxygens (including phenoxy) is 1. The van der Waals surface area contributed by atoms with Gasteiger partial charge in [-0.05, 0) is 67.1 Å². The van der Waals surface area contributed by atoms with E-state index in [0.717, 1.165) is 11.8 Å². The first-order valence-electron chi connectivity index (χ1n) is 10.5. The van der Waals surface area contributed by atoms with Gasteiger partial charge in [0, 0.05) is 18.7 Å². The lowest BCUT2D eigenvalue weighted by molar-refractivity contribution is -0.123. The number of amides is 3. The highest BCUT2D eigenvalue weighted by Crippen LogP contribution is 2.34. The summed E-state index contributed by atoms with van der Waals surface area (Å²) < 4.78 is 5.71. The zero-order valence-corrected chi connectivity index (χ0v) is 20.4. The van der Waals surface area contributed by atoms with Crippen molar-refractivity contribution in [1.82, 2.24) is 9.80 Å². The Bertz CT molecular complexity index is 1140. The molecule has 172 valence electrons. The van der Waals surface area contributed by atoms with E-state index in [1.807, 2.05) is 13.8 Å². The van der Waals surface area contributed by atoms with E-state index in [4.69, 9.17) is 27.9 Å². The van der Waals surface area contributed by atoms with E-state index in [1.54, 1.807) is 53.4 Å². The molecule has 0 N–H and O–H groups in total. The SMILES string of the molecule is CC1CN(C(=O)c2cccc(/C=C3\SC(=O)N(Cc4ccc(Cl)c(Cl)c4)C3=O)c2)CC(C)O1. The molecule has 33 heavy (non-hydrogen) atoms. The van der Waals surface area contributed by atoms with E-state index >= 15 is 0 Å². The predicted molar refractivity (Wildman–Crippen MR) is 130 cm³/mol. The van der Waals surface area contributed by atoms with Gasteiger partial charge in [0.1, 0.15) is 0 Å². The third-order valence-corrected chi connectivity index (χ3v) is 6.98. The Balaban J connectivity index is 1.51. The van der Waals surface area contributed by atoms with Crippen LogP contribution in [0.5, 0.6) is 0 Å². The van der Waals surface area contributed by atoms with Crippen molar-refractivity contribution in [3.63, 3.8) is 0 Å². The predicted octanol–water partition coefficient (Wildman–Crippen LogP) is 5.48. The monoisotopic (exact) mass is 504 g/mol. The van der Waals surface area contributed by atoms with E-state index in [2.05, 4.69) is 0 Å². The third kappa shape index (κ3) is 5.44. The average Bonchev–Trinajstić information content (AvgIpc) is 3.02. The maximum atomic E-state index is 13.0. The van der Waals surface area contributed by atoms with Crippen molar-refractivity contribution in [3.8, 4) is 0 Å². The molecule has 2 atom stereocenters. The first-order valence-corrected chi connectivity index (χ1v) is 12.0. The molecule has 0 bridgehead atoms. The quantitative estimate of drug-likeness (QED) is 0.515. The summed E-state index contributed by atoms with van der Waals surface area (Å²) >= 11 is 12.9. The summed E-state index contributed by atoms with van der Waals surface area (Å²) in [6.45, 7) is 5.05. The van der Waals surface area contributed by atoms with Gasteiger partial charge in [0.05, 0.1) is 33.7 Å². The van der Waals surface area contributed by atoms with Crippen molar-refractivity contribution in [2.75, 3.05) is 13.1 Å². The van der Waals surface area contributed by atoms with Crippen molar-refractivity contribution >= 4 is 58.1 Å². The smallest absolute Gasteiger partial charge is 0.293 e. The number of halogens is 2. The number of carbonyl (C=O) groups is 3. The zero-order valence-electron chi connectivity index (χ0n) is 18.1. The van der Waals surface area contributed by atoms with Crippen LogP contribution in [-0.4, -0.2) is 52.2 Å². The third-order valence-electron chi connectivity index (χ3n) is 5.34. The van der Waals surface area contributed by atoms with Gasteiger partial charge in [0.25, 0.3) is 17.1 Å². The Morgan fingerprint density at radius 2 is 1.82 bits per heavy atom. The highest BCUT2D eigenvalue weighted by Gasteiger charge is 2.35. The van der Waals surface area contributed by atoms with Gasteiger partial charge >= 0.3 is 0 Å². The Morgan fingerprint density at radius 3 is 2.52 bits per heavy atom. The zero-order chi connectivity index (χ0) is 23.7. The van der Waals surface area contributed by atoms with Gasteiger partial charge in [-0.2, -0.15) is 0 Å². The molecule has 2 heterocycles. The molecule has 0 spiro atoms. The molecule has 2 unspecified atom stereocenters. The molecule has 2 fully saturated rings. The molecule has 0 saturated carbocycles. The fourth-order valence-corrected chi connectivity index (χ4v) is 5.05. The van der Waals surface area contributed by atoms with E-state index < -0.39 is 0 Å². The summed E-state index contributed by atoms with van der Waals surface area (Å²) in [5, 5.41) is 0.410. The molecule has 2 aliphatic heterocycles. The Labute approximate surface area is 206 Å². The molecule has 6 nitrogen and oxygen atoms in total. The highest BCUT2D eigenvalue weighted by molar-refractivity contribution is 8.18.